The molecule has 1 amide bonds. The van der Waals surface area contributed by atoms with Gasteiger partial charge in [-0.1, -0.05) is 0 Å². The molecule has 29 heavy (non-hydrogen) atoms. The average molecular weight is 397 g/mol. The predicted molar refractivity (Wildman–Crippen MR) is 103 cm³/mol. The molecule has 10 heteroatoms. The van der Waals surface area contributed by atoms with Crippen molar-refractivity contribution >= 4 is 11.9 Å². The van der Waals surface area contributed by atoms with Gasteiger partial charge in [-0.15, -0.1) is 0 Å². The van der Waals surface area contributed by atoms with Crippen LogP contribution in [0.1, 0.15) is 16.8 Å². The third-order valence-corrected chi connectivity index (χ3v) is 4.71. The first-order valence-corrected chi connectivity index (χ1v) is 9.11. The van der Waals surface area contributed by atoms with Gasteiger partial charge < -0.3 is 15.0 Å². The lowest BCUT2D eigenvalue weighted by atomic mass is 10.2. The van der Waals surface area contributed by atoms with Crippen LogP contribution in [-0.4, -0.2) is 56.9 Å². The number of hydrogen-bond donors (Lipinski definition) is 1. The van der Waals surface area contributed by atoms with Crippen LogP contribution in [0.3, 0.4) is 0 Å². The molecule has 0 spiro atoms. The molecule has 3 aromatic rings. The van der Waals surface area contributed by atoms with Crippen LogP contribution in [0.15, 0.2) is 36.9 Å². The number of aromatic nitrogens is 5. The normalized spacial score (nSPS) is 16.1. The highest BCUT2D eigenvalue weighted by atomic mass is 19.1. The van der Waals surface area contributed by atoms with E-state index in [2.05, 4.69) is 25.4 Å². The summed E-state index contributed by atoms with van der Waals surface area (Å²) >= 11 is 0. The smallest absolute Gasteiger partial charge is 0.253 e. The zero-order valence-corrected chi connectivity index (χ0v) is 16.0. The van der Waals surface area contributed by atoms with Crippen molar-refractivity contribution in [3.8, 4) is 17.1 Å². The van der Waals surface area contributed by atoms with Crippen molar-refractivity contribution in [1.82, 2.24) is 30.0 Å². The molecule has 1 aliphatic heterocycles. The lowest BCUT2D eigenvalue weighted by Crippen LogP contribution is -2.37. The minimum atomic E-state index is -0.672. The summed E-state index contributed by atoms with van der Waals surface area (Å²) < 4.78 is 20.3. The van der Waals surface area contributed by atoms with Gasteiger partial charge in [-0.05, 0) is 18.6 Å². The average Bonchev–Trinajstić information content (AvgIpc) is 3.37. The summed E-state index contributed by atoms with van der Waals surface area (Å²) in [5, 5.41) is 7.08. The van der Waals surface area contributed by atoms with Gasteiger partial charge in [0.25, 0.3) is 5.91 Å². The molecule has 1 N–H and O–H groups in total. The van der Waals surface area contributed by atoms with Crippen molar-refractivity contribution in [3.63, 3.8) is 0 Å². The number of aryl methyl sites for hydroxylation is 1. The van der Waals surface area contributed by atoms with E-state index in [4.69, 9.17) is 4.74 Å². The fourth-order valence-electron chi connectivity index (χ4n) is 3.24. The fourth-order valence-corrected chi connectivity index (χ4v) is 3.24. The van der Waals surface area contributed by atoms with Gasteiger partial charge in [0.1, 0.15) is 0 Å². The van der Waals surface area contributed by atoms with Crippen LogP contribution in [-0.2, 0) is 7.05 Å². The van der Waals surface area contributed by atoms with E-state index in [1.807, 2.05) is 24.2 Å². The quantitative estimate of drug-likeness (QED) is 0.695. The van der Waals surface area contributed by atoms with E-state index in [1.54, 1.807) is 17.1 Å². The molecule has 1 atom stereocenters. The molecule has 4 heterocycles. The van der Waals surface area contributed by atoms with Gasteiger partial charge in [0.2, 0.25) is 11.8 Å². The number of nitrogens with one attached hydrogen (secondary N) is 1. The number of anilines is 1. The third-order valence-electron chi connectivity index (χ3n) is 4.71. The molecule has 0 aliphatic carbocycles. The number of halogens is 1. The van der Waals surface area contributed by atoms with Crippen LogP contribution in [0.25, 0.3) is 11.3 Å². The fraction of sp³-hybridized carbons (Fsp3) is 0.316. The summed E-state index contributed by atoms with van der Waals surface area (Å²) in [4.78, 5) is 27.2. The lowest BCUT2D eigenvalue weighted by molar-refractivity contribution is 0.0939. The Morgan fingerprint density at radius 3 is 2.93 bits per heavy atom. The molecule has 0 aromatic carbocycles. The Balaban J connectivity index is 1.42. The van der Waals surface area contributed by atoms with Crippen molar-refractivity contribution in [2.45, 2.75) is 12.5 Å². The Morgan fingerprint density at radius 1 is 1.34 bits per heavy atom. The highest BCUT2D eigenvalue weighted by Gasteiger charge is 2.26. The molecule has 4 rings (SSSR count). The van der Waals surface area contributed by atoms with Crippen molar-refractivity contribution in [1.29, 1.82) is 0 Å². The number of methoxy groups -OCH3 is 1. The van der Waals surface area contributed by atoms with Gasteiger partial charge >= 0.3 is 0 Å². The Kier molecular flexibility index (Phi) is 5.07. The zero-order valence-electron chi connectivity index (χ0n) is 16.0. The Morgan fingerprint density at radius 2 is 2.21 bits per heavy atom. The molecule has 1 aliphatic rings. The maximum atomic E-state index is 13.8. The van der Waals surface area contributed by atoms with Crippen molar-refractivity contribution in [3.05, 3.63) is 48.3 Å². The molecule has 1 fully saturated rings. The minimum absolute atomic E-state index is 0.0988. The number of carbonyl (C=O) groups is 1. The summed E-state index contributed by atoms with van der Waals surface area (Å²) in [5.74, 6) is -0.593. The van der Waals surface area contributed by atoms with Crippen LogP contribution < -0.4 is 15.0 Å². The monoisotopic (exact) mass is 397 g/mol. The van der Waals surface area contributed by atoms with Gasteiger partial charge in [0.15, 0.2) is 5.82 Å². The first kappa shape index (κ1) is 18.8. The van der Waals surface area contributed by atoms with Gasteiger partial charge in [-0.2, -0.15) is 5.10 Å². The van der Waals surface area contributed by atoms with Crippen molar-refractivity contribution in [2.24, 2.45) is 7.05 Å². The Hall–Kier alpha value is -3.56. The topological polar surface area (TPSA) is 98.1 Å². The second-order valence-corrected chi connectivity index (χ2v) is 6.76. The van der Waals surface area contributed by atoms with Crippen LogP contribution in [0.2, 0.25) is 0 Å². The highest BCUT2D eigenvalue weighted by molar-refractivity contribution is 5.94. The number of pyridine rings is 1. The largest absolute Gasteiger partial charge is 0.479 e. The molecule has 1 saturated heterocycles. The first-order chi connectivity index (χ1) is 14.0. The van der Waals surface area contributed by atoms with Gasteiger partial charge in [0.05, 0.1) is 24.6 Å². The summed E-state index contributed by atoms with van der Waals surface area (Å²) in [5.41, 5.74) is 1.85. The van der Waals surface area contributed by atoms with Crippen LogP contribution >= 0.6 is 0 Å². The van der Waals surface area contributed by atoms with E-state index in [0.29, 0.717) is 19.0 Å². The molecule has 0 radical (unpaired) electrons. The number of nitrogens with zero attached hydrogens (tertiary/aromatic N) is 6. The number of ether oxygens (including phenoxy) is 1. The summed E-state index contributed by atoms with van der Waals surface area (Å²) in [6, 6.07) is 2.86. The van der Waals surface area contributed by atoms with E-state index in [1.165, 1.54) is 13.3 Å². The molecule has 0 saturated carbocycles. The van der Waals surface area contributed by atoms with Crippen LogP contribution in [0.4, 0.5) is 10.3 Å². The van der Waals surface area contributed by atoms with Gasteiger partial charge in [-0.25, -0.2) is 19.3 Å². The van der Waals surface area contributed by atoms with E-state index >= 15 is 0 Å². The lowest BCUT2D eigenvalue weighted by Gasteiger charge is -2.17. The minimum Gasteiger partial charge on any atom is -0.479 e. The molecular formula is C19H20FN7O2. The first-order valence-electron chi connectivity index (χ1n) is 9.11. The second kappa shape index (κ2) is 7.82. The van der Waals surface area contributed by atoms with E-state index in [0.717, 1.165) is 23.7 Å². The van der Waals surface area contributed by atoms with Crippen LogP contribution in [0.5, 0.6) is 5.88 Å². The number of carbonyl (C=O) groups excluding carboxylic acids is 1. The standard InChI is InChI=1S/C19H20FN7O2/c1-26-10-13(9-23-26)16-3-5-21-19(25-16)27-6-4-14(11-27)24-17(28)12-7-15(20)18(29-2)22-8-12/h3,5,7-10,14H,4,6,11H2,1-2H3,(H,24,28). The number of amides is 1. The third kappa shape index (κ3) is 4.00. The van der Waals surface area contributed by atoms with Gasteiger partial charge in [0, 0.05) is 50.3 Å². The van der Waals surface area contributed by atoms with Crippen LogP contribution in [0, 0.1) is 5.82 Å². The maximum Gasteiger partial charge on any atom is 0.253 e. The zero-order chi connectivity index (χ0) is 20.4. The molecule has 150 valence electrons. The molecular weight excluding hydrogens is 377 g/mol. The number of rotatable bonds is 5. The Labute approximate surface area is 166 Å². The van der Waals surface area contributed by atoms with Gasteiger partial charge in [-0.3, -0.25) is 9.48 Å². The summed E-state index contributed by atoms with van der Waals surface area (Å²) in [6.45, 7) is 1.27. The number of hydrogen-bond acceptors (Lipinski definition) is 7. The second-order valence-electron chi connectivity index (χ2n) is 6.76. The molecule has 9 nitrogen and oxygen atoms in total. The molecule has 0 bridgehead atoms. The summed E-state index contributed by atoms with van der Waals surface area (Å²) in [7, 11) is 3.17. The maximum absolute atomic E-state index is 13.8. The van der Waals surface area contributed by atoms with Crippen molar-refractivity contribution < 1.29 is 13.9 Å². The van der Waals surface area contributed by atoms with Crippen molar-refractivity contribution in [2.75, 3.05) is 25.1 Å². The van der Waals surface area contributed by atoms with E-state index < -0.39 is 5.82 Å². The molecule has 3 aromatic heterocycles. The predicted octanol–water partition coefficient (Wildman–Crippen LogP) is 1.43. The Bertz CT molecular complexity index is 1040. The summed E-state index contributed by atoms with van der Waals surface area (Å²) in [6.07, 6.45) is 7.38. The molecule has 1 unspecified atom stereocenters. The van der Waals surface area contributed by atoms with E-state index in [-0.39, 0.29) is 23.4 Å². The highest BCUT2D eigenvalue weighted by Crippen LogP contribution is 2.21. The van der Waals surface area contributed by atoms with E-state index in [9.17, 15) is 9.18 Å². The SMILES string of the molecule is COc1ncc(C(=O)NC2CCN(c3nccc(-c4cnn(C)c4)n3)C2)cc1F.